The second kappa shape index (κ2) is 6.79. The molecule has 2 rings (SSSR count). The Bertz CT molecular complexity index is 569. The number of nitriles is 1. The number of nitrogens with zero attached hydrogens (tertiary/aromatic N) is 2. The van der Waals surface area contributed by atoms with Gasteiger partial charge in [-0.25, -0.2) is 0 Å². The lowest BCUT2D eigenvalue weighted by molar-refractivity contribution is -0.125. The molecule has 1 saturated heterocycles. The van der Waals surface area contributed by atoms with E-state index < -0.39 is 0 Å². The summed E-state index contributed by atoms with van der Waals surface area (Å²) < 4.78 is 5.42. The Balaban J connectivity index is 2.24. The zero-order valence-electron chi connectivity index (χ0n) is 12.1. The van der Waals surface area contributed by atoms with E-state index in [1.807, 2.05) is 30.9 Å². The molecule has 21 heavy (non-hydrogen) atoms. The van der Waals surface area contributed by atoms with Gasteiger partial charge in [-0.3, -0.25) is 4.79 Å². The zero-order chi connectivity index (χ0) is 15.4. The number of anilines is 1. The first kappa shape index (κ1) is 15.6. The Morgan fingerprint density at radius 2 is 2.33 bits per heavy atom. The number of benzene rings is 1. The molecule has 1 heterocycles. The lowest BCUT2D eigenvalue weighted by Gasteiger charge is -2.36. The molecule has 0 aliphatic carbocycles. The van der Waals surface area contributed by atoms with E-state index in [0.29, 0.717) is 30.3 Å². The minimum absolute atomic E-state index is 0.0646. The molecule has 1 aliphatic rings. The number of amides is 1. The van der Waals surface area contributed by atoms with Crippen molar-refractivity contribution >= 4 is 23.2 Å². The average Bonchev–Trinajstić information content (AvgIpc) is 2.46. The van der Waals surface area contributed by atoms with Crippen molar-refractivity contribution in [1.82, 2.24) is 5.32 Å². The van der Waals surface area contributed by atoms with Gasteiger partial charge >= 0.3 is 0 Å². The predicted molar refractivity (Wildman–Crippen MR) is 81.4 cm³/mol. The van der Waals surface area contributed by atoms with Crippen LogP contribution in [0.1, 0.15) is 19.4 Å². The fourth-order valence-electron chi connectivity index (χ4n) is 2.28. The molecule has 6 heteroatoms. The highest BCUT2D eigenvalue weighted by Gasteiger charge is 2.30. The molecule has 0 saturated carbocycles. The Labute approximate surface area is 129 Å². The molecule has 1 fully saturated rings. The number of carbonyl (C=O) groups is 1. The number of hydrogen-bond acceptors (Lipinski definition) is 4. The third-order valence-electron chi connectivity index (χ3n) is 3.27. The number of carbonyl (C=O) groups excluding carboxylic acids is 1. The largest absolute Gasteiger partial charge is 0.377 e. The van der Waals surface area contributed by atoms with Gasteiger partial charge in [0.1, 0.15) is 12.1 Å². The maximum absolute atomic E-state index is 12.3. The molecule has 1 N–H and O–H groups in total. The predicted octanol–water partition coefficient (Wildman–Crippen LogP) is 1.94. The molecule has 0 bridgehead atoms. The molecule has 5 nitrogen and oxygen atoms in total. The number of rotatable bonds is 3. The van der Waals surface area contributed by atoms with Gasteiger partial charge in [0.15, 0.2) is 0 Å². The van der Waals surface area contributed by atoms with E-state index >= 15 is 0 Å². The van der Waals surface area contributed by atoms with Crippen LogP contribution in [0, 0.1) is 11.3 Å². The lowest BCUT2D eigenvalue weighted by Crippen LogP contribution is -2.55. The summed E-state index contributed by atoms with van der Waals surface area (Å²) in [7, 11) is 0. The van der Waals surface area contributed by atoms with Crippen molar-refractivity contribution in [2.24, 2.45) is 0 Å². The minimum atomic E-state index is -0.384. The van der Waals surface area contributed by atoms with E-state index in [1.165, 1.54) is 0 Å². The second-order valence-electron chi connectivity index (χ2n) is 5.22. The molecular formula is C15H18ClN3O2. The first-order chi connectivity index (χ1) is 10.0. The number of nitrogens with one attached hydrogen (secondary N) is 1. The summed E-state index contributed by atoms with van der Waals surface area (Å²) in [5, 5.41) is 12.2. The molecular weight excluding hydrogens is 290 g/mol. The fraction of sp³-hybridized carbons (Fsp3) is 0.467. The molecule has 0 spiro atoms. The Morgan fingerprint density at radius 3 is 2.95 bits per heavy atom. The summed E-state index contributed by atoms with van der Waals surface area (Å²) in [6.07, 6.45) is 0. The van der Waals surface area contributed by atoms with Crippen LogP contribution in [0.2, 0.25) is 5.02 Å². The Kier molecular flexibility index (Phi) is 5.05. The van der Waals surface area contributed by atoms with Crippen molar-refractivity contribution in [2.45, 2.75) is 25.9 Å². The van der Waals surface area contributed by atoms with Crippen LogP contribution in [-0.2, 0) is 9.53 Å². The minimum Gasteiger partial charge on any atom is -0.377 e. The topological polar surface area (TPSA) is 65.4 Å². The monoisotopic (exact) mass is 307 g/mol. The molecule has 1 atom stereocenters. The van der Waals surface area contributed by atoms with E-state index in [0.717, 1.165) is 5.69 Å². The SMILES string of the molecule is CC(C)NC(=O)C1COCCN1c1ccc(C#N)c(Cl)c1. The quantitative estimate of drug-likeness (QED) is 0.927. The normalized spacial score (nSPS) is 18.4. The molecule has 1 unspecified atom stereocenters. The van der Waals surface area contributed by atoms with Crippen LogP contribution in [0.3, 0.4) is 0 Å². The second-order valence-corrected chi connectivity index (χ2v) is 5.63. The number of hydrogen-bond donors (Lipinski definition) is 1. The van der Waals surface area contributed by atoms with Gasteiger partial charge in [0.25, 0.3) is 0 Å². The smallest absolute Gasteiger partial charge is 0.245 e. The highest BCUT2D eigenvalue weighted by Crippen LogP contribution is 2.26. The van der Waals surface area contributed by atoms with E-state index in [2.05, 4.69) is 5.32 Å². The van der Waals surface area contributed by atoms with Crippen molar-refractivity contribution in [2.75, 3.05) is 24.7 Å². The van der Waals surface area contributed by atoms with E-state index in [1.54, 1.807) is 12.1 Å². The van der Waals surface area contributed by atoms with Gasteiger partial charge in [-0.2, -0.15) is 5.26 Å². The van der Waals surface area contributed by atoms with Crippen LogP contribution >= 0.6 is 11.6 Å². The highest BCUT2D eigenvalue weighted by molar-refractivity contribution is 6.32. The van der Waals surface area contributed by atoms with Gasteiger partial charge < -0.3 is 15.0 Å². The zero-order valence-corrected chi connectivity index (χ0v) is 12.9. The van der Waals surface area contributed by atoms with E-state index in [9.17, 15) is 4.79 Å². The van der Waals surface area contributed by atoms with E-state index in [4.69, 9.17) is 21.6 Å². The third kappa shape index (κ3) is 3.66. The van der Waals surface area contributed by atoms with Crippen molar-refractivity contribution in [3.05, 3.63) is 28.8 Å². The van der Waals surface area contributed by atoms with Gasteiger partial charge in [-0.15, -0.1) is 0 Å². The summed E-state index contributed by atoms with van der Waals surface area (Å²) in [4.78, 5) is 14.2. The van der Waals surface area contributed by atoms with Crippen LogP contribution < -0.4 is 10.2 Å². The molecule has 1 aliphatic heterocycles. The summed E-state index contributed by atoms with van der Waals surface area (Å²) in [6, 6.07) is 6.93. The summed E-state index contributed by atoms with van der Waals surface area (Å²) >= 11 is 6.08. The average molecular weight is 308 g/mol. The van der Waals surface area contributed by atoms with Crippen LogP contribution in [0.4, 0.5) is 5.69 Å². The lowest BCUT2D eigenvalue weighted by atomic mass is 10.1. The van der Waals surface area contributed by atoms with Gasteiger partial charge in [0.05, 0.1) is 23.8 Å². The van der Waals surface area contributed by atoms with Crippen molar-refractivity contribution in [3.8, 4) is 6.07 Å². The summed E-state index contributed by atoms with van der Waals surface area (Å²) in [6.45, 7) is 5.35. The first-order valence-electron chi connectivity index (χ1n) is 6.87. The number of ether oxygens (including phenoxy) is 1. The van der Waals surface area contributed by atoms with Crippen molar-refractivity contribution in [3.63, 3.8) is 0 Å². The molecule has 0 aromatic heterocycles. The number of halogens is 1. The third-order valence-corrected chi connectivity index (χ3v) is 3.58. The number of morpholine rings is 1. The molecule has 0 radical (unpaired) electrons. The Hall–Kier alpha value is -1.77. The van der Waals surface area contributed by atoms with Crippen molar-refractivity contribution in [1.29, 1.82) is 5.26 Å². The highest BCUT2D eigenvalue weighted by atomic mass is 35.5. The van der Waals surface area contributed by atoms with Gasteiger partial charge in [-0.1, -0.05) is 11.6 Å². The maximum atomic E-state index is 12.3. The van der Waals surface area contributed by atoms with E-state index in [-0.39, 0.29) is 18.0 Å². The van der Waals surface area contributed by atoms with Crippen LogP contribution in [-0.4, -0.2) is 37.7 Å². The molecule has 1 amide bonds. The van der Waals surface area contributed by atoms with Gasteiger partial charge in [0, 0.05) is 18.3 Å². The first-order valence-corrected chi connectivity index (χ1v) is 7.25. The molecule has 112 valence electrons. The van der Waals surface area contributed by atoms with Gasteiger partial charge in [-0.05, 0) is 32.0 Å². The van der Waals surface area contributed by atoms with Crippen LogP contribution in [0.15, 0.2) is 18.2 Å². The standard InChI is InChI=1S/C15H18ClN3O2/c1-10(2)18-15(20)14-9-21-6-5-19(14)12-4-3-11(8-17)13(16)7-12/h3-4,7,10,14H,5-6,9H2,1-2H3,(H,18,20). The van der Waals surface area contributed by atoms with Crippen LogP contribution in [0.5, 0.6) is 0 Å². The summed E-state index contributed by atoms with van der Waals surface area (Å²) in [5.74, 6) is -0.0646. The molecule has 1 aromatic carbocycles. The van der Waals surface area contributed by atoms with Gasteiger partial charge in [0.2, 0.25) is 5.91 Å². The molecule has 1 aromatic rings. The summed E-state index contributed by atoms with van der Waals surface area (Å²) in [5.41, 5.74) is 1.25. The fourth-order valence-corrected chi connectivity index (χ4v) is 2.50. The van der Waals surface area contributed by atoms with Crippen LogP contribution in [0.25, 0.3) is 0 Å². The van der Waals surface area contributed by atoms with Crippen molar-refractivity contribution < 1.29 is 9.53 Å². The maximum Gasteiger partial charge on any atom is 0.245 e. The Morgan fingerprint density at radius 1 is 1.57 bits per heavy atom.